The molecule has 1 aliphatic heterocycles. The molecule has 0 N–H and O–H groups in total. The van der Waals surface area contributed by atoms with E-state index >= 15 is 0 Å². The van der Waals surface area contributed by atoms with Crippen LogP contribution in [-0.4, -0.2) is 11.9 Å². The van der Waals surface area contributed by atoms with E-state index in [1.807, 2.05) is 6.08 Å². The molecule has 1 heterocycles. The highest BCUT2D eigenvalue weighted by atomic mass is 16.5. The minimum absolute atomic E-state index is 0.0876. The maximum absolute atomic E-state index is 10.1. The number of aldehydes is 1. The second kappa shape index (κ2) is 3.56. The van der Waals surface area contributed by atoms with E-state index in [9.17, 15) is 4.79 Å². The van der Waals surface area contributed by atoms with Gasteiger partial charge in [0, 0.05) is 6.42 Å². The fourth-order valence-corrected chi connectivity index (χ4v) is 1.28. The molecule has 0 amide bonds. The first-order valence-electron chi connectivity index (χ1n) is 4.03. The summed E-state index contributed by atoms with van der Waals surface area (Å²) in [6.07, 6.45) is 8.24. The minimum atomic E-state index is -0.0876. The summed E-state index contributed by atoms with van der Waals surface area (Å²) in [5.74, 6) is 0. The third kappa shape index (κ3) is 2.37. The Bertz CT molecular complexity index is 163. The van der Waals surface area contributed by atoms with Crippen molar-refractivity contribution in [3.05, 3.63) is 12.3 Å². The molecule has 0 aromatic carbocycles. The highest BCUT2D eigenvalue weighted by Gasteiger charge is 2.25. The molecule has 1 aliphatic rings. The van der Waals surface area contributed by atoms with Gasteiger partial charge < -0.3 is 9.53 Å². The Labute approximate surface area is 67.2 Å². The Morgan fingerprint density at radius 1 is 1.73 bits per heavy atom. The van der Waals surface area contributed by atoms with Gasteiger partial charge in [-0.3, -0.25) is 0 Å². The molecule has 0 bridgehead atoms. The Morgan fingerprint density at radius 3 is 3.09 bits per heavy atom. The van der Waals surface area contributed by atoms with Crippen molar-refractivity contribution < 1.29 is 9.53 Å². The molecule has 2 nitrogen and oxygen atoms in total. The lowest BCUT2D eigenvalue weighted by Crippen LogP contribution is -2.28. The van der Waals surface area contributed by atoms with Crippen molar-refractivity contribution in [1.29, 1.82) is 0 Å². The van der Waals surface area contributed by atoms with Crippen LogP contribution in [0.25, 0.3) is 0 Å². The molecule has 0 aliphatic carbocycles. The van der Waals surface area contributed by atoms with Crippen molar-refractivity contribution in [2.45, 2.75) is 38.2 Å². The molecule has 11 heavy (non-hydrogen) atoms. The Morgan fingerprint density at radius 2 is 2.55 bits per heavy atom. The summed E-state index contributed by atoms with van der Waals surface area (Å²) in [5.41, 5.74) is -0.0876. The number of rotatable bonds is 3. The van der Waals surface area contributed by atoms with E-state index in [-0.39, 0.29) is 5.60 Å². The van der Waals surface area contributed by atoms with Gasteiger partial charge in [0.05, 0.1) is 6.26 Å². The van der Waals surface area contributed by atoms with E-state index in [1.165, 1.54) is 0 Å². The van der Waals surface area contributed by atoms with Crippen molar-refractivity contribution in [2.75, 3.05) is 0 Å². The lowest BCUT2D eigenvalue weighted by Gasteiger charge is -2.30. The van der Waals surface area contributed by atoms with Crippen LogP contribution in [0.1, 0.15) is 32.6 Å². The summed E-state index contributed by atoms with van der Waals surface area (Å²) in [4.78, 5) is 10.1. The minimum Gasteiger partial charge on any atom is -0.495 e. The highest BCUT2D eigenvalue weighted by Crippen LogP contribution is 2.26. The topological polar surface area (TPSA) is 26.3 Å². The zero-order chi connectivity index (χ0) is 8.16. The van der Waals surface area contributed by atoms with Gasteiger partial charge in [0.25, 0.3) is 0 Å². The van der Waals surface area contributed by atoms with Crippen LogP contribution in [0, 0.1) is 0 Å². The molecule has 62 valence electrons. The lowest BCUT2D eigenvalue weighted by molar-refractivity contribution is -0.109. The monoisotopic (exact) mass is 154 g/mol. The number of carbonyl (C=O) groups is 1. The van der Waals surface area contributed by atoms with Crippen LogP contribution in [-0.2, 0) is 9.53 Å². The molecule has 2 heteroatoms. The van der Waals surface area contributed by atoms with Crippen LogP contribution in [0.4, 0.5) is 0 Å². The summed E-state index contributed by atoms with van der Waals surface area (Å²) in [7, 11) is 0. The predicted molar refractivity (Wildman–Crippen MR) is 43.2 cm³/mol. The van der Waals surface area contributed by atoms with Crippen LogP contribution in [0.2, 0.25) is 0 Å². The normalized spacial score (nSPS) is 29.5. The standard InChI is InChI=1S/C9H14O2/c1-9(6-4-7-10)5-2-3-8-11-9/h3,7-8H,2,4-6H2,1H3. The van der Waals surface area contributed by atoms with Crippen molar-refractivity contribution in [1.82, 2.24) is 0 Å². The first-order chi connectivity index (χ1) is 5.27. The van der Waals surface area contributed by atoms with Crippen LogP contribution >= 0.6 is 0 Å². The molecule has 0 fully saturated rings. The van der Waals surface area contributed by atoms with Crippen LogP contribution < -0.4 is 0 Å². The van der Waals surface area contributed by atoms with E-state index in [0.717, 1.165) is 25.5 Å². The van der Waals surface area contributed by atoms with Gasteiger partial charge in [-0.05, 0) is 32.3 Å². The quantitative estimate of drug-likeness (QED) is 0.581. The summed E-state index contributed by atoms with van der Waals surface area (Å²) >= 11 is 0. The molecular weight excluding hydrogens is 140 g/mol. The zero-order valence-corrected chi connectivity index (χ0v) is 6.88. The van der Waals surface area contributed by atoms with E-state index in [0.29, 0.717) is 6.42 Å². The first kappa shape index (κ1) is 8.31. The third-order valence-electron chi connectivity index (χ3n) is 2.08. The van der Waals surface area contributed by atoms with E-state index in [1.54, 1.807) is 6.26 Å². The van der Waals surface area contributed by atoms with E-state index in [2.05, 4.69) is 6.92 Å². The van der Waals surface area contributed by atoms with Gasteiger partial charge in [-0.2, -0.15) is 0 Å². The van der Waals surface area contributed by atoms with Crippen LogP contribution in [0.5, 0.6) is 0 Å². The Hall–Kier alpha value is -0.790. The average Bonchev–Trinajstić information content (AvgIpc) is 2.03. The molecule has 1 unspecified atom stereocenters. The SMILES string of the molecule is CC1(CCC=O)CCC=CO1. The smallest absolute Gasteiger partial charge is 0.120 e. The molecule has 0 aromatic heterocycles. The molecule has 0 aromatic rings. The number of hydrogen-bond donors (Lipinski definition) is 0. The summed E-state index contributed by atoms with van der Waals surface area (Å²) < 4.78 is 5.43. The van der Waals surface area contributed by atoms with Crippen molar-refractivity contribution in [2.24, 2.45) is 0 Å². The lowest BCUT2D eigenvalue weighted by atomic mass is 9.93. The largest absolute Gasteiger partial charge is 0.495 e. The second-order valence-corrected chi connectivity index (χ2v) is 3.18. The van der Waals surface area contributed by atoms with Gasteiger partial charge >= 0.3 is 0 Å². The number of carbonyl (C=O) groups excluding carboxylic acids is 1. The molecule has 1 atom stereocenters. The fraction of sp³-hybridized carbons (Fsp3) is 0.667. The zero-order valence-electron chi connectivity index (χ0n) is 6.88. The van der Waals surface area contributed by atoms with Gasteiger partial charge in [0.15, 0.2) is 0 Å². The average molecular weight is 154 g/mol. The van der Waals surface area contributed by atoms with E-state index < -0.39 is 0 Å². The van der Waals surface area contributed by atoms with Crippen LogP contribution in [0.15, 0.2) is 12.3 Å². The predicted octanol–water partition coefficient (Wildman–Crippen LogP) is 2.05. The van der Waals surface area contributed by atoms with Crippen LogP contribution in [0.3, 0.4) is 0 Å². The van der Waals surface area contributed by atoms with Crippen molar-refractivity contribution in [3.8, 4) is 0 Å². The number of hydrogen-bond acceptors (Lipinski definition) is 2. The van der Waals surface area contributed by atoms with Gasteiger partial charge in [-0.1, -0.05) is 0 Å². The molecule has 0 saturated heterocycles. The number of allylic oxidation sites excluding steroid dienone is 1. The summed E-state index contributed by atoms with van der Waals surface area (Å²) in [6, 6.07) is 0. The molecule has 0 saturated carbocycles. The summed E-state index contributed by atoms with van der Waals surface area (Å²) in [5, 5.41) is 0. The molecule has 1 rings (SSSR count). The van der Waals surface area contributed by atoms with E-state index in [4.69, 9.17) is 4.74 Å². The molecular formula is C9H14O2. The maximum atomic E-state index is 10.1. The van der Waals surface area contributed by atoms with Gasteiger partial charge in [-0.15, -0.1) is 0 Å². The third-order valence-corrected chi connectivity index (χ3v) is 2.08. The van der Waals surface area contributed by atoms with Crippen molar-refractivity contribution in [3.63, 3.8) is 0 Å². The van der Waals surface area contributed by atoms with Crippen molar-refractivity contribution >= 4 is 6.29 Å². The van der Waals surface area contributed by atoms with Gasteiger partial charge in [0.1, 0.15) is 11.9 Å². The summed E-state index contributed by atoms with van der Waals surface area (Å²) in [6.45, 7) is 2.06. The Balaban J connectivity index is 2.38. The number of ether oxygens (including phenoxy) is 1. The fourth-order valence-electron chi connectivity index (χ4n) is 1.28. The second-order valence-electron chi connectivity index (χ2n) is 3.18. The maximum Gasteiger partial charge on any atom is 0.120 e. The first-order valence-corrected chi connectivity index (χ1v) is 4.03. The van der Waals surface area contributed by atoms with Gasteiger partial charge in [-0.25, -0.2) is 0 Å². The highest BCUT2D eigenvalue weighted by molar-refractivity contribution is 5.49. The molecule has 0 spiro atoms. The molecule has 0 radical (unpaired) electrons. The van der Waals surface area contributed by atoms with Gasteiger partial charge in [0.2, 0.25) is 0 Å². The Kier molecular flexibility index (Phi) is 2.69.